The maximum atomic E-state index is 12.5. The van der Waals surface area contributed by atoms with Crippen molar-refractivity contribution in [3.8, 4) is 6.07 Å². The van der Waals surface area contributed by atoms with Crippen molar-refractivity contribution in [2.75, 3.05) is 31.0 Å². The number of hydrogen-bond donors (Lipinski definition) is 2. The summed E-state index contributed by atoms with van der Waals surface area (Å²) < 4.78 is 12.5. The van der Waals surface area contributed by atoms with E-state index in [0.29, 0.717) is 34.5 Å². The van der Waals surface area contributed by atoms with Crippen molar-refractivity contribution in [1.29, 1.82) is 5.26 Å². The quantitative estimate of drug-likeness (QED) is 0.464. The first-order valence-electron chi connectivity index (χ1n) is 12.3. The fraction of sp³-hybridized carbons (Fsp3) is 0.407. The van der Waals surface area contributed by atoms with Gasteiger partial charge in [-0.15, -0.1) is 0 Å². The standard InChI is InChI=1S/C27H32N7OP/c1-27(2)21-9-6-8-17-12-20(13-18(24(17)21)16-34(27)3)30-26-29-15-19(14-28)25(33-26)32-22-10-7-11-23(31-22)36(4,5)35/h7,10-13,15,21H,6,8-9,16H2,1-5H3,(H2,29,30,31,32,33). The summed E-state index contributed by atoms with van der Waals surface area (Å²) in [5, 5.41) is 16.1. The Kier molecular flexibility index (Phi) is 6.10. The van der Waals surface area contributed by atoms with Crippen LogP contribution in [0.2, 0.25) is 0 Å². The highest BCUT2D eigenvalue weighted by Crippen LogP contribution is 2.48. The van der Waals surface area contributed by atoms with E-state index in [-0.39, 0.29) is 5.54 Å². The number of hydrogen-bond acceptors (Lipinski definition) is 8. The predicted octanol–water partition coefficient (Wildman–Crippen LogP) is 5.12. The first-order chi connectivity index (χ1) is 17.1. The summed E-state index contributed by atoms with van der Waals surface area (Å²) in [7, 11) is -0.312. The molecule has 0 amide bonds. The molecule has 2 N–H and O–H groups in total. The molecular formula is C27H32N7OP. The highest BCUT2D eigenvalue weighted by atomic mass is 31.2. The molecule has 36 heavy (non-hydrogen) atoms. The molecule has 9 heteroatoms. The van der Waals surface area contributed by atoms with Crippen LogP contribution >= 0.6 is 7.14 Å². The lowest BCUT2D eigenvalue weighted by Gasteiger charge is -2.49. The normalized spacial score (nSPS) is 18.7. The summed E-state index contributed by atoms with van der Waals surface area (Å²) in [4.78, 5) is 15.9. The van der Waals surface area contributed by atoms with Gasteiger partial charge in [-0.1, -0.05) is 6.07 Å². The Bertz CT molecular complexity index is 1420. The third kappa shape index (κ3) is 4.50. The molecule has 1 aromatic carbocycles. The molecule has 0 bridgehead atoms. The summed E-state index contributed by atoms with van der Waals surface area (Å²) in [6.45, 7) is 8.97. The van der Waals surface area contributed by atoms with E-state index in [1.165, 1.54) is 35.7 Å². The average Bonchev–Trinajstić information content (AvgIpc) is 2.82. The SMILES string of the molecule is CN1Cc2cc(Nc3ncc(C#N)c(Nc4cccc(P(C)(C)=O)n4)n3)cc3c2C(CCC3)C1(C)C. The van der Waals surface area contributed by atoms with Crippen molar-refractivity contribution in [3.63, 3.8) is 0 Å². The number of benzene rings is 1. The van der Waals surface area contributed by atoms with E-state index in [9.17, 15) is 9.83 Å². The minimum Gasteiger partial charge on any atom is -0.324 e. The summed E-state index contributed by atoms with van der Waals surface area (Å²) >= 11 is 0. The second-order valence-electron chi connectivity index (χ2n) is 10.7. The Morgan fingerprint density at radius 2 is 1.94 bits per heavy atom. The minimum atomic E-state index is -2.52. The van der Waals surface area contributed by atoms with Crippen molar-refractivity contribution in [1.82, 2.24) is 19.9 Å². The number of pyridine rings is 1. The van der Waals surface area contributed by atoms with Gasteiger partial charge < -0.3 is 15.2 Å². The van der Waals surface area contributed by atoms with E-state index in [0.717, 1.165) is 18.7 Å². The molecule has 1 unspecified atom stereocenters. The molecule has 186 valence electrons. The van der Waals surface area contributed by atoms with Crippen LogP contribution in [0.5, 0.6) is 0 Å². The third-order valence-corrected chi connectivity index (χ3v) is 8.93. The summed E-state index contributed by atoms with van der Waals surface area (Å²) in [5.41, 5.74) is 6.20. The molecule has 1 atom stereocenters. The van der Waals surface area contributed by atoms with Crippen LogP contribution in [-0.4, -0.2) is 45.8 Å². The molecule has 0 radical (unpaired) electrons. The first-order valence-corrected chi connectivity index (χ1v) is 14.9. The van der Waals surface area contributed by atoms with Gasteiger partial charge in [-0.05, 0) is 94.4 Å². The van der Waals surface area contributed by atoms with Crippen molar-refractivity contribution in [3.05, 3.63) is 58.8 Å². The van der Waals surface area contributed by atoms with Gasteiger partial charge in [-0.3, -0.25) is 4.90 Å². The summed E-state index contributed by atoms with van der Waals surface area (Å²) in [5.74, 6) is 1.76. The number of aromatic nitrogens is 3. The van der Waals surface area contributed by atoms with Crippen molar-refractivity contribution in [2.45, 2.75) is 51.1 Å². The van der Waals surface area contributed by atoms with Gasteiger partial charge in [-0.2, -0.15) is 10.2 Å². The lowest BCUT2D eigenvalue weighted by molar-refractivity contribution is 0.0910. The molecule has 3 heterocycles. The number of rotatable bonds is 5. The molecule has 0 saturated heterocycles. The Balaban J connectivity index is 1.46. The number of aryl methyl sites for hydroxylation is 1. The number of likely N-dealkylation sites (N-methyl/N-ethyl adjacent to an activating group) is 1. The average molecular weight is 502 g/mol. The highest BCUT2D eigenvalue weighted by molar-refractivity contribution is 7.69. The third-order valence-electron chi connectivity index (χ3n) is 7.58. The lowest BCUT2D eigenvalue weighted by Crippen LogP contribution is -2.50. The highest BCUT2D eigenvalue weighted by Gasteiger charge is 2.42. The molecule has 1 aliphatic heterocycles. The maximum absolute atomic E-state index is 12.5. The zero-order valence-corrected chi connectivity index (χ0v) is 22.4. The predicted molar refractivity (Wildman–Crippen MR) is 144 cm³/mol. The largest absolute Gasteiger partial charge is 0.324 e. The van der Waals surface area contributed by atoms with Crippen LogP contribution in [-0.2, 0) is 17.5 Å². The van der Waals surface area contributed by atoms with Crippen LogP contribution in [0.25, 0.3) is 0 Å². The van der Waals surface area contributed by atoms with Gasteiger partial charge in [0.1, 0.15) is 30.0 Å². The zero-order chi connectivity index (χ0) is 25.7. The van der Waals surface area contributed by atoms with Gasteiger partial charge in [0.05, 0.1) is 6.20 Å². The van der Waals surface area contributed by atoms with Gasteiger partial charge in [0.25, 0.3) is 0 Å². The topological polar surface area (TPSA) is 107 Å². The molecule has 1 aliphatic carbocycles. The van der Waals surface area contributed by atoms with Crippen LogP contribution in [0.4, 0.5) is 23.3 Å². The Hall–Kier alpha value is -3.27. The number of nitriles is 1. The van der Waals surface area contributed by atoms with Gasteiger partial charge in [0, 0.05) is 23.7 Å². The smallest absolute Gasteiger partial charge is 0.229 e. The van der Waals surface area contributed by atoms with Crippen molar-refractivity contribution in [2.24, 2.45) is 0 Å². The fourth-order valence-corrected chi connectivity index (χ4v) is 6.16. The van der Waals surface area contributed by atoms with Crippen molar-refractivity contribution < 1.29 is 4.57 Å². The summed E-state index contributed by atoms with van der Waals surface area (Å²) in [6.07, 6.45) is 4.99. The van der Waals surface area contributed by atoms with E-state index in [1.807, 2.05) is 0 Å². The van der Waals surface area contributed by atoms with Gasteiger partial charge in [0.15, 0.2) is 5.82 Å². The van der Waals surface area contributed by atoms with Crippen LogP contribution < -0.4 is 16.1 Å². The van der Waals surface area contributed by atoms with Gasteiger partial charge >= 0.3 is 0 Å². The lowest BCUT2D eigenvalue weighted by atomic mass is 9.68. The van der Waals surface area contributed by atoms with E-state index in [2.05, 4.69) is 69.6 Å². The van der Waals surface area contributed by atoms with Crippen LogP contribution in [0.3, 0.4) is 0 Å². The van der Waals surface area contributed by atoms with Crippen LogP contribution in [0.1, 0.15) is 54.9 Å². The number of nitrogens with zero attached hydrogens (tertiary/aromatic N) is 5. The van der Waals surface area contributed by atoms with Crippen molar-refractivity contribution >= 4 is 35.8 Å². The molecule has 3 aromatic rings. The number of anilines is 4. The number of nitrogens with one attached hydrogen (secondary N) is 2. The first kappa shape index (κ1) is 24.4. The molecule has 8 nitrogen and oxygen atoms in total. The zero-order valence-electron chi connectivity index (χ0n) is 21.5. The molecule has 0 spiro atoms. The Labute approximate surface area is 212 Å². The fourth-order valence-electron chi connectivity index (χ4n) is 5.37. The van der Waals surface area contributed by atoms with Crippen LogP contribution in [0, 0.1) is 11.3 Å². The van der Waals surface area contributed by atoms with E-state index < -0.39 is 7.14 Å². The van der Waals surface area contributed by atoms with Crippen LogP contribution in [0.15, 0.2) is 36.5 Å². The molecule has 0 fully saturated rings. The Morgan fingerprint density at radius 3 is 2.69 bits per heavy atom. The maximum Gasteiger partial charge on any atom is 0.229 e. The van der Waals surface area contributed by atoms with E-state index >= 15 is 0 Å². The molecule has 2 aromatic heterocycles. The monoisotopic (exact) mass is 501 g/mol. The molecule has 2 aliphatic rings. The molecule has 5 rings (SSSR count). The molecular weight excluding hydrogens is 469 g/mol. The van der Waals surface area contributed by atoms with Gasteiger partial charge in [-0.25, -0.2) is 9.97 Å². The second-order valence-corrected chi connectivity index (χ2v) is 13.9. The van der Waals surface area contributed by atoms with E-state index in [4.69, 9.17) is 0 Å². The second kappa shape index (κ2) is 8.99. The molecule has 0 saturated carbocycles. The van der Waals surface area contributed by atoms with E-state index in [1.54, 1.807) is 31.5 Å². The minimum absolute atomic E-state index is 0.141. The summed E-state index contributed by atoms with van der Waals surface area (Å²) in [6, 6.07) is 11.9. The Morgan fingerprint density at radius 1 is 1.17 bits per heavy atom. The van der Waals surface area contributed by atoms with Gasteiger partial charge in [0.2, 0.25) is 5.95 Å².